The van der Waals surface area contributed by atoms with Gasteiger partial charge in [-0.3, -0.25) is 0 Å². The molecular weight excluding hydrogens is 301 g/mol. The van der Waals surface area contributed by atoms with Crippen LogP contribution >= 0.6 is 27.2 Å². The molecule has 0 fully saturated rings. The molecule has 0 rings (SSSR count). The SMILES string of the molecule is CC[N-]CC[NH-].[Br][Zn][Br]. The molecule has 0 aromatic heterocycles. The van der Waals surface area contributed by atoms with Crippen molar-refractivity contribution in [1.82, 2.24) is 0 Å². The van der Waals surface area contributed by atoms with E-state index in [-0.39, 0.29) is 13.2 Å². The van der Waals surface area contributed by atoms with Gasteiger partial charge in [0.05, 0.1) is 0 Å². The van der Waals surface area contributed by atoms with Crippen molar-refractivity contribution in [2.24, 2.45) is 0 Å². The van der Waals surface area contributed by atoms with E-state index < -0.39 is 0 Å². The quantitative estimate of drug-likeness (QED) is 0.567. The van der Waals surface area contributed by atoms with Gasteiger partial charge in [0.1, 0.15) is 0 Å². The maximum atomic E-state index is 6.61. The van der Waals surface area contributed by atoms with Crippen LogP contribution in [0.2, 0.25) is 0 Å². The Morgan fingerprint density at radius 3 is 2.11 bits per heavy atom. The summed E-state index contributed by atoms with van der Waals surface area (Å²) >= 11 is 6.25. The van der Waals surface area contributed by atoms with Gasteiger partial charge < -0.3 is 11.1 Å². The van der Waals surface area contributed by atoms with Gasteiger partial charge in [-0.1, -0.05) is 6.92 Å². The van der Waals surface area contributed by atoms with Crippen molar-refractivity contribution < 1.29 is 13.2 Å². The third-order valence-corrected chi connectivity index (χ3v) is 0.494. The molecule has 0 aliphatic carbocycles. The third-order valence-electron chi connectivity index (χ3n) is 0.494. The Bertz CT molecular complexity index is 35.7. The number of halogens is 2. The zero-order valence-corrected chi connectivity index (χ0v) is 11.7. The van der Waals surface area contributed by atoms with Gasteiger partial charge in [0, 0.05) is 0 Å². The van der Waals surface area contributed by atoms with Crippen LogP contribution in [0, 0.1) is 0 Å². The van der Waals surface area contributed by atoms with Crippen LogP contribution in [0.4, 0.5) is 0 Å². The first-order valence-electron chi connectivity index (χ1n) is 2.73. The Morgan fingerprint density at radius 2 is 2.00 bits per heavy atom. The Balaban J connectivity index is 0. The Labute approximate surface area is 77.6 Å². The molecule has 0 spiro atoms. The molecule has 5 heteroatoms. The molecule has 0 saturated carbocycles. The van der Waals surface area contributed by atoms with Crippen molar-refractivity contribution in [3.8, 4) is 0 Å². The number of likely N-dealkylation sites (N-methyl/N-ethyl adjacent to an activating group) is 1. The predicted octanol–water partition coefficient (Wildman–Crippen LogP) is 3.12. The molecule has 0 bridgehead atoms. The molecular formula is C4H10Br2N2Zn-2. The summed E-state index contributed by atoms with van der Waals surface area (Å²) in [6.45, 7) is 3.99. The van der Waals surface area contributed by atoms with E-state index in [2.05, 4.69) is 32.6 Å². The molecule has 0 aromatic rings. The zero-order valence-electron chi connectivity index (χ0n) is 5.53. The standard InChI is InChI=1S/C4H10N2.2BrH.Zn/c1-2-6-4-3-5;;;/h5H,2-4H2,1H3;2*1H;/q-2;;;+2/p-2. The summed E-state index contributed by atoms with van der Waals surface area (Å²) in [4.78, 5) is 0. The summed E-state index contributed by atoms with van der Waals surface area (Å²) in [6.07, 6.45) is 0. The molecule has 0 aliphatic rings. The molecule has 0 saturated heterocycles. The maximum absolute atomic E-state index is 6.61. The number of hydrogen-bond donors (Lipinski definition) is 0. The van der Waals surface area contributed by atoms with Crippen molar-refractivity contribution in [3.05, 3.63) is 11.1 Å². The van der Waals surface area contributed by atoms with E-state index in [1.165, 1.54) is 0 Å². The van der Waals surface area contributed by atoms with Gasteiger partial charge in [-0.25, -0.2) is 0 Å². The van der Waals surface area contributed by atoms with E-state index in [0.717, 1.165) is 6.54 Å². The summed E-state index contributed by atoms with van der Waals surface area (Å²) in [6, 6.07) is 0. The second-order valence-electron chi connectivity index (χ2n) is 1.11. The van der Waals surface area contributed by atoms with E-state index in [4.69, 9.17) is 5.73 Å². The van der Waals surface area contributed by atoms with Crippen molar-refractivity contribution in [2.75, 3.05) is 19.6 Å². The minimum atomic E-state index is -0.250. The average Bonchev–Trinajstić information content (AvgIpc) is 1.86. The topological polar surface area (TPSA) is 37.9 Å². The fourth-order valence-corrected chi connectivity index (χ4v) is 0.237. The molecule has 0 aromatic carbocycles. The molecule has 0 amide bonds. The van der Waals surface area contributed by atoms with Crippen LogP contribution in [-0.4, -0.2) is 19.6 Å². The molecule has 9 heavy (non-hydrogen) atoms. The molecule has 0 aliphatic heterocycles. The first kappa shape index (κ1) is 13.1. The van der Waals surface area contributed by atoms with Gasteiger partial charge >= 0.3 is 40.5 Å². The molecule has 0 radical (unpaired) electrons. The van der Waals surface area contributed by atoms with Crippen molar-refractivity contribution in [1.29, 1.82) is 0 Å². The molecule has 1 N–H and O–H groups in total. The van der Waals surface area contributed by atoms with E-state index in [9.17, 15) is 0 Å². The molecule has 0 heterocycles. The second-order valence-corrected chi connectivity index (χ2v) is 15.2. The van der Waals surface area contributed by atoms with Crippen molar-refractivity contribution >= 4 is 27.2 Å². The fourth-order valence-electron chi connectivity index (χ4n) is 0.237. The molecule has 0 unspecified atom stereocenters. The van der Waals surface area contributed by atoms with Crippen LogP contribution in [0.15, 0.2) is 0 Å². The van der Waals surface area contributed by atoms with Crippen molar-refractivity contribution in [2.45, 2.75) is 6.92 Å². The predicted molar refractivity (Wildman–Crippen MR) is 45.8 cm³/mol. The Hall–Kier alpha value is 1.50. The van der Waals surface area contributed by atoms with Crippen LogP contribution < -0.4 is 0 Å². The van der Waals surface area contributed by atoms with Gasteiger partial charge in [-0.2, -0.15) is 19.6 Å². The minimum absolute atomic E-state index is 0.250. The zero-order chi connectivity index (χ0) is 7.54. The van der Waals surface area contributed by atoms with Crippen LogP contribution in [-0.2, 0) is 13.2 Å². The summed E-state index contributed by atoms with van der Waals surface area (Å²) < 4.78 is 0. The number of rotatable bonds is 3. The van der Waals surface area contributed by atoms with Gasteiger partial charge in [-0.05, 0) is 0 Å². The number of nitrogens with zero attached hydrogens (tertiary/aromatic N) is 1. The molecule has 54 valence electrons. The first-order valence-corrected chi connectivity index (χ1v) is 16.6. The van der Waals surface area contributed by atoms with E-state index in [1.807, 2.05) is 6.92 Å². The van der Waals surface area contributed by atoms with Gasteiger partial charge in [-0.15, -0.1) is 0 Å². The van der Waals surface area contributed by atoms with Gasteiger partial charge in [0.25, 0.3) is 0 Å². The van der Waals surface area contributed by atoms with Crippen LogP contribution in [0.25, 0.3) is 11.1 Å². The average molecular weight is 311 g/mol. The summed E-state index contributed by atoms with van der Waals surface area (Å²) in [5.41, 5.74) is 6.61. The van der Waals surface area contributed by atoms with Crippen LogP contribution in [0.1, 0.15) is 6.92 Å². The summed E-state index contributed by atoms with van der Waals surface area (Å²) in [7, 11) is 0. The van der Waals surface area contributed by atoms with Crippen LogP contribution in [0.5, 0.6) is 0 Å². The van der Waals surface area contributed by atoms with E-state index in [1.54, 1.807) is 0 Å². The second kappa shape index (κ2) is 16.2. The summed E-state index contributed by atoms with van der Waals surface area (Å²) in [5, 5.41) is 3.90. The number of hydrogen-bond acceptors (Lipinski definition) is 0. The molecule has 2 nitrogen and oxygen atoms in total. The van der Waals surface area contributed by atoms with E-state index >= 15 is 0 Å². The summed E-state index contributed by atoms with van der Waals surface area (Å²) in [5.74, 6) is 0. The third kappa shape index (κ3) is 26.4. The van der Waals surface area contributed by atoms with Gasteiger partial charge in [0.2, 0.25) is 0 Å². The van der Waals surface area contributed by atoms with Gasteiger partial charge in [0.15, 0.2) is 0 Å². The first-order chi connectivity index (χ1) is 4.33. The fraction of sp³-hybridized carbons (Fsp3) is 1.00. The normalized spacial score (nSPS) is 7.11. The van der Waals surface area contributed by atoms with Crippen molar-refractivity contribution in [3.63, 3.8) is 0 Å². The Kier molecular flexibility index (Phi) is 23.7. The van der Waals surface area contributed by atoms with Crippen LogP contribution in [0.3, 0.4) is 0 Å². The Morgan fingerprint density at radius 1 is 1.56 bits per heavy atom. The monoisotopic (exact) mass is 308 g/mol. The van der Waals surface area contributed by atoms with E-state index in [0.29, 0.717) is 13.1 Å². The molecule has 0 atom stereocenters. The number of nitrogens with one attached hydrogen (secondary N) is 1.